The third-order valence-corrected chi connectivity index (χ3v) is 7.50. The van der Waals surface area contributed by atoms with Crippen molar-refractivity contribution in [1.29, 1.82) is 0 Å². The van der Waals surface area contributed by atoms with Crippen LogP contribution in [0.4, 0.5) is 4.79 Å². The Morgan fingerprint density at radius 1 is 1.38 bits per heavy atom. The van der Waals surface area contributed by atoms with E-state index < -0.39 is 17.4 Å². The van der Waals surface area contributed by atoms with E-state index in [4.69, 9.17) is 21.1 Å². The average Bonchev–Trinajstić information content (AvgIpc) is 2.33. The second-order valence-electron chi connectivity index (χ2n) is 6.10. The number of amides is 1. The molecule has 2 N–H and O–H groups in total. The first-order valence-corrected chi connectivity index (χ1v) is 11.5. The molecule has 124 valence electrons. The lowest BCUT2D eigenvalue weighted by molar-refractivity contribution is 0.0520. The van der Waals surface area contributed by atoms with Crippen LogP contribution in [0, 0.1) is 0 Å². The first-order valence-electron chi connectivity index (χ1n) is 7.30. The Balaban J connectivity index is 2.18. The van der Waals surface area contributed by atoms with Crippen molar-refractivity contribution in [3.05, 3.63) is 0 Å². The summed E-state index contributed by atoms with van der Waals surface area (Å²) in [5.41, 5.74) is -3.32. The molecule has 0 heterocycles. The molecule has 1 atom stereocenters. The van der Waals surface area contributed by atoms with Crippen LogP contribution in [0.3, 0.4) is 0 Å². The van der Waals surface area contributed by atoms with Gasteiger partial charge in [-0.2, -0.15) is 0 Å². The highest BCUT2D eigenvalue weighted by Gasteiger charge is 2.24. The largest absolute Gasteiger partial charge is 0.444 e. The zero-order chi connectivity index (χ0) is 15.9. The Morgan fingerprint density at radius 3 is 2.57 bits per heavy atom. The number of carbonyl (C=O) groups is 1. The number of alkyl carbamates (subject to hydrolysis) is 1. The molecular weight excluding hydrogens is 329 g/mol. The maximum atomic E-state index is 11.4. The van der Waals surface area contributed by atoms with E-state index in [1.165, 1.54) is 30.6 Å². The summed E-state index contributed by atoms with van der Waals surface area (Å²) in [5.74, 6) is 0. The van der Waals surface area contributed by atoms with Crippen LogP contribution in [-0.4, -0.2) is 35.0 Å². The molecule has 5 nitrogen and oxygen atoms in total. The number of nitrogens with one attached hydrogen (secondary N) is 1. The van der Waals surface area contributed by atoms with Crippen molar-refractivity contribution >= 4 is 35.0 Å². The highest BCUT2D eigenvalue weighted by molar-refractivity contribution is 8.67. The summed E-state index contributed by atoms with van der Waals surface area (Å²) in [7, 11) is 0. The van der Waals surface area contributed by atoms with Crippen LogP contribution in [0.15, 0.2) is 0 Å². The zero-order valence-electron chi connectivity index (χ0n) is 13.0. The minimum absolute atomic E-state index is 0.201. The van der Waals surface area contributed by atoms with Gasteiger partial charge in [-0.3, -0.25) is 0 Å². The van der Waals surface area contributed by atoms with Gasteiger partial charge < -0.3 is 19.5 Å². The molecule has 21 heavy (non-hydrogen) atoms. The quantitative estimate of drug-likeness (QED) is 0.558. The second-order valence-corrected chi connectivity index (χ2v) is 12.5. The summed E-state index contributed by atoms with van der Waals surface area (Å²) in [6.07, 6.45) is 5.39. The monoisotopic (exact) mass is 355 g/mol. The van der Waals surface area contributed by atoms with Gasteiger partial charge in [-0.25, -0.2) is 4.79 Å². The Morgan fingerprint density at radius 2 is 2.00 bits per heavy atom. The molecule has 1 unspecified atom stereocenters. The minimum atomic E-state index is -2.80. The van der Waals surface area contributed by atoms with Crippen molar-refractivity contribution in [3.63, 3.8) is 0 Å². The van der Waals surface area contributed by atoms with Crippen LogP contribution < -0.4 is 5.32 Å². The van der Waals surface area contributed by atoms with Crippen LogP contribution in [-0.2, 0) is 21.1 Å². The molecule has 0 aromatic heterocycles. The molecule has 1 aliphatic rings. The van der Waals surface area contributed by atoms with Crippen molar-refractivity contribution in [3.8, 4) is 0 Å². The highest BCUT2D eigenvalue weighted by atomic mass is 32.9. The molecule has 0 saturated heterocycles. The molecule has 0 aliphatic heterocycles. The fraction of sp³-hybridized carbons (Fsp3) is 0.923. The van der Waals surface area contributed by atoms with Gasteiger partial charge in [-0.15, -0.1) is 0 Å². The third-order valence-electron chi connectivity index (χ3n) is 2.86. The highest BCUT2D eigenvalue weighted by Crippen LogP contribution is 2.59. The normalized spacial score (nSPS) is 19.8. The predicted molar refractivity (Wildman–Crippen MR) is 91.2 cm³/mol. The fourth-order valence-corrected chi connectivity index (χ4v) is 6.81. The molecule has 8 heteroatoms. The van der Waals surface area contributed by atoms with Gasteiger partial charge in [-0.1, -0.05) is 30.6 Å². The van der Waals surface area contributed by atoms with Crippen LogP contribution in [0.1, 0.15) is 52.9 Å². The van der Waals surface area contributed by atoms with E-state index in [0.717, 1.165) is 12.8 Å². The lowest BCUT2D eigenvalue weighted by Crippen LogP contribution is -2.34. The summed E-state index contributed by atoms with van der Waals surface area (Å²) >= 11 is 6.56. The summed E-state index contributed by atoms with van der Waals surface area (Å²) in [5, 5.41) is 2.99. The van der Waals surface area contributed by atoms with Gasteiger partial charge in [0.05, 0.1) is 6.61 Å². The number of hydrogen-bond acceptors (Lipinski definition) is 5. The van der Waals surface area contributed by atoms with Gasteiger partial charge in [0.15, 0.2) is 0 Å². The van der Waals surface area contributed by atoms with Crippen molar-refractivity contribution in [1.82, 2.24) is 5.32 Å². The maximum Gasteiger partial charge on any atom is 0.407 e. The minimum Gasteiger partial charge on any atom is -0.444 e. The molecule has 1 rings (SSSR count). The van der Waals surface area contributed by atoms with Crippen molar-refractivity contribution < 1.29 is 18.9 Å². The van der Waals surface area contributed by atoms with E-state index in [1.54, 1.807) is 20.8 Å². The van der Waals surface area contributed by atoms with Crippen molar-refractivity contribution in [2.75, 3.05) is 13.2 Å². The molecule has 1 saturated carbocycles. The molecule has 0 aromatic carbocycles. The van der Waals surface area contributed by atoms with Gasteiger partial charge in [0, 0.05) is 11.8 Å². The summed E-state index contributed by atoms with van der Waals surface area (Å²) < 4.78 is 10.5. The molecular formula is C13H26NO4PS2. The van der Waals surface area contributed by atoms with Crippen LogP contribution in [0.2, 0.25) is 0 Å². The van der Waals surface area contributed by atoms with Gasteiger partial charge in [0.25, 0.3) is 0 Å². The SMILES string of the molecule is CC(C)(C)OC(=O)NCCOP(O)(=S)SC1CCCCC1. The third kappa shape index (κ3) is 9.74. The predicted octanol–water partition coefficient (Wildman–Crippen LogP) is 3.81. The van der Waals surface area contributed by atoms with E-state index >= 15 is 0 Å². The lowest BCUT2D eigenvalue weighted by atomic mass is 10.0. The topological polar surface area (TPSA) is 67.8 Å². The van der Waals surface area contributed by atoms with E-state index in [1.807, 2.05) is 0 Å². The van der Waals surface area contributed by atoms with E-state index in [0.29, 0.717) is 5.25 Å². The molecule has 1 aliphatic carbocycles. The van der Waals surface area contributed by atoms with Crippen LogP contribution >= 0.6 is 17.1 Å². The number of hydrogen-bond donors (Lipinski definition) is 2. The lowest BCUT2D eigenvalue weighted by Gasteiger charge is -2.25. The van der Waals surface area contributed by atoms with Crippen molar-refractivity contribution in [2.24, 2.45) is 0 Å². The molecule has 1 amide bonds. The van der Waals surface area contributed by atoms with Gasteiger partial charge in [0.2, 0.25) is 5.69 Å². The van der Waals surface area contributed by atoms with Crippen molar-refractivity contribution in [2.45, 2.75) is 63.7 Å². The molecule has 0 radical (unpaired) electrons. The fourth-order valence-electron chi connectivity index (χ4n) is 2.02. The van der Waals surface area contributed by atoms with E-state index in [2.05, 4.69) is 5.32 Å². The van der Waals surface area contributed by atoms with E-state index in [-0.39, 0.29) is 13.2 Å². The Hall–Kier alpha value is 0.190. The van der Waals surface area contributed by atoms with Crippen LogP contribution in [0.25, 0.3) is 0 Å². The van der Waals surface area contributed by atoms with Gasteiger partial charge in [0.1, 0.15) is 5.60 Å². The zero-order valence-corrected chi connectivity index (χ0v) is 15.5. The molecule has 0 spiro atoms. The number of carbonyl (C=O) groups excluding carboxylic acids is 1. The first kappa shape index (κ1) is 19.2. The second kappa shape index (κ2) is 8.73. The standard InChI is InChI=1S/C13H26NO4PS2/c1-13(2,3)18-12(15)14-9-10-17-19(16,20)21-11-7-5-4-6-8-11/h11H,4-10H2,1-3H3,(H,14,15)(H,16,20). The van der Waals surface area contributed by atoms with Gasteiger partial charge >= 0.3 is 6.09 Å². The van der Waals surface area contributed by atoms with Gasteiger partial charge in [-0.05, 0) is 45.4 Å². The van der Waals surface area contributed by atoms with Crippen LogP contribution in [0.5, 0.6) is 0 Å². The summed E-state index contributed by atoms with van der Waals surface area (Å²) in [4.78, 5) is 21.6. The Bertz CT molecular complexity index is 381. The smallest absolute Gasteiger partial charge is 0.407 e. The Kier molecular flexibility index (Phi) is 7.99. The number of rotatable bonds is 6. The number of ether oxygens (including phenoxy) is 1. The Labute approximate surface area is 136 Å². The molecule has 0 aromatic rings. The summed E-state index contributed by atoms with van der Waals surface area (Å²) in [6, 6.07) is 0. The summed E-state index contributed by atoms with van der Waals surface area (Å²) in [6.45, 7) is 5.89. The molecule has 0 bridgehead atoms. The average molecular weight is 355 g/mol. The van der Waals surface area contributed by atoms with E-state index in [9.17, 15) is 9.69 Å². The molecule has 1 fully saturated rings. The first-order chi connectivity index (χ1) is 9.68. The maximum absolute atomic E-state index is 11.4.